The Bertz CT molecular complexity index is 1310. The molecule has 11 heteroatoms. The fourth-order valence-corrected chi connectivity index (χ4v) is 4.95. The highest BCUT2D eigenvalue weighted by Crippen LogP contribution is 2.32. The van der Waals surface area contributed by atoms with Crippen molar-refractivity contribution < 1.29 is 29.0 Å². The lowest BCUT2D eigenvalue weighted by Gasteiger charge is -2.29. The lowest BCUT2D eigenvalue weighted by molar-refractivity contribution is -0.134. The van der Waals surface area contributed by atoms with Crippen molar-refractivity contribution in [3.63, 3.8) is 0 Å². The Morgan fingerprint density at radius 3 is 2.53 bits per heavy atom. The van der Waals surface area contributed by atoms with Gasteiger partial charge in [0, 0.05) is 17.7 Å². The monoisotopic (exact) mass is 536 g/mol. The maximum atomic E-state index is 13.6. The quantitative estimate of drug-likeness (QED) is 0.252. The van der Waals surface area contributed by atoms with Crippen molar-refractivity contribution in [3.8, 4) is 5.75 Å². The molecule has 0 spiro atoms. The number of ketones is 1. The summed E-state index contributed by atoms with van der Waals surface area (Å²) in [6.45, 7) is 3.50. The molecule has 3 atom stereocenters. The van der Waals surface area contributed by atoms with Crippen LogP contribution in [0.5, 0.6) is 5.75 Å². The van der Waals surface area contributed by atoms with E-state index < -0.39 is 35.8 Å². The van der Waals surface area contributed by atoms with E-state index >= 15 is 0 Å². The Morgan fingerprint density at radius 1 is 1.16 bits per heavy atom. The van der Waals surface area contributed by atoms with Crippen molar-refractivity contribution in [3.05, 3.63) is 76.8 Å². The summed E-state index contributed by atoms with van der Waals surface area (Å²) in [5, 5.41) is 16.1. The SMILES string of the molecule is CCC(=O)c1csc(NC(=O)C([C@@H](C)c2ccccc2)N2C(=O)N[C@@H](c3ccc(OCCO)cc3)C2=O)n1. The Hall–Kier alpha value is -4.09. The van der Waals surface area contributed by atoms with Crippen LogP contribution < -0.4 is 15.4 Å². The van der Waals surface area contributed by atoms with Crippen molar-refractivity contribution in [1.29, 1.82) is 0 Å². The summed E-state index contributed by atoms with van der Waals surface area (Å²) < 4.78 is 5.36. The maximum absolute atomic E-state index is 13.6. The molecule has 4 rings (SSSR count). The zero-order chi connectivity index (χ0) is 27.2. The predicted molar refractivity (Wildman–Crippen MR) is 141 cm³/mol. The van der Waals surface area contributed by atoms with Crippen LogP contribution in [0.25, 0.3) is 0 Å². The molecular formula is C27H28N4O6S. The number of carbonyl (C=O) groups excluding carboxylic acids is 4. The molecule has 1 saturated heterocycles. The molecular weight excluding hydrogens is 508 g/mol. The molecule has 0 radical (unpaired) electrons. The number of urea groups is 1. The van der Waals surface area contributed by atoms with Gasteiger partial charge in [-0.25, -0.2) is 14.7 Å². The van der Waals surface area contributed by atoms with E-state index in [2.05, 4.69) is 15.6 Å². The van der Waals surface area contributed by atoms with Crippen LogP contribution in [0, 0.1) is 0 Å². The van der Waals surface area contributed by atoms with Gasteiger partial charge >= 0.3 is 6.03 Å². The number of aromatic nitrogens is 1. The van der Waals surface area contributed by atoms with Gasteiger partial charge in [-0.1, -0.05) is 56.3 Å². The second-order valence-corrected chi connectivity index (χ2v) is 9.54. The first-order valence-corrected chi connectivity index (χ1v) is 13.0. The molecule has 1 aliphatic heterocycles. The maximum Gasteiger partial charge on any atom is 0.325 e. The summed E-state index contributed by atoms with van der Waals surface area (Å²) in [7, 11) is 0. The molecule has 2 heterocycles. The minimum atomic E-state index is -1.18. The molecule has 3 N–H and O–H groups in total. The molecule has 1 fully saturated rings. The first kappa shape index (κ1) is 27.0. The number of hydrogen-bond acceptors (Lipinski definition) is 8. The van der Waals surface area contributed by atoms with Crippen LogP contribution in [-0.2, 0) is 9.59 Å². The van der Waals surface area contributed by atoms with Gasteiger partial charge in [0.25, 0.3) is 5.91 Å². The van der Waals surface area contributed by atoms with E-state index in [9.17, 15) is 19.2 Å². The second-order valence-electron chi connectivity index (χ2n) is 8.68. The number of amides is 4. The Labute approximate surface area is 223 Å². The topological polar surface area (TPSA) is 138 Å². The number of aliphatic hydroxyl groups excluding tert-OH is 1. The number of carbonyl (C=O) groups is 4. The minimum Gasteiger partial charge on any atom is -0.491 e. The summed E-state index contributed by atoms with van der Waals surface area (Å²) in [6.07, 6.45) is 0.281. The summed E-state index contributed by atoms with van der Waals surface area (Å²) in [6, 6.07) is 12.8. The number of benzene rings is 2. The molecule has 1 aromatic heterocycles. The molecule has 0 bridgehead atoms. The van der Waals surface area contributed by atoms with E-state index in [0.717, 1.165) is 21.8 Å². The molecule has 1 unspecified atom stereocenters. The molecule has 10 nitrogen and oxygen atoms in total. The number of aliphatic hydroxyl groups is 1. The van der Waals surface area contributed by atoms with Gasteiger partial charge in [-0.2, -0.15) is 0 Å². The van der Waals surface area contributed by atoms with Crippen LogP contribution in [0.2, 0.25) is 0 Å². The molecule has 4 amide bonds. The van der Waals surface area contributed by atoms with E-state index in [1.54, 1.807) is 43.5 Å². The number of Topliss-reactive ketones (excluding diaryl/α,β-unsaturated/α-hetero) is 1. The van der Waals surface area contributed by atoms with Crippen LogP contribution in [0.4, 0.5) is 9.93 Å². The second kappa shape index (κ2) is 12.0. The van der Waals surface area contributed by atoms with E-state index in [1.807, 2.05) is 30.3 Å². The van der Waals surface area contributed by atoms with Crippen molar-refractivity contribution in [2.75, 3.05) is 18.5 Å². The number of hydrogen-bond donors (Lipinski definition) is 3. The highest BCUT2D eigenvalue weighted by atomic mass is 32.1. The zero-order valence-corrected chi connectivity index (χ0v) is 21.7. The van der Waals surface area contributed by atoms with Gasteiger partial charge in [0.1, 0.15) is 30.1 Å². The number of rotatable bonds is 11. The Balaban J connectivity index is 1.62. The van der Waals surface area contributed by atoms with Crippen LogP contribution in [-0.4, -0.2) is 57.9 Å². The highest BCUT2D eigenvalue weighted by molar-refractivity contribution is 7.14. The molecule has 1 aliphatic rings. The number of anilines is 1. The van der Waals surface area contributed by atoms with Gasteiger partial charge < -0.3 is 20.5 Å². The van der Waals surface area contributed by atoms with Crippen molar-refractivity contribution in [1.82, 2.24) is 15.2 Å². The zero-order valence-electron chi connectivity index (χ0n) is 20.9. The third-order valence-electron chi connectivity index (χ3n) is 6.23. The first-order valence-electron chi connectivity index (χ1n) is 12.2. The third kappa shape index (κ3) is 5.74. The number of nitrogens with zero attached hydrogens (tertiary/aromatic N) is 2. The summed E-state index contributed by atoms with van der Waals surface area (Å²) in [4.78, 5) is 57.5. The largest absolute Gasteiger partial charge is 0.491 e. The van der Waals surface area contributed by atoms with Gasteiger partial charge in [0.15, 0.2) is 10.9 Å². The van der Waals surface area contributed by atoms with Gasteiger partial charge in [0.2, 0.25) is 5.91 Å². The van der Waals surface area contributed by atoms with Gasteiger partial charge in [-0.15, -0.1) is 11.3 Å². The summed E-state index contributed by atoms with van der Waals surface area (Å²) in [5.41, 5.74) is 1.54. The first-order chi connectivity index (χ1) is 18.3. The number of nitrogens with one attached hydrogen (secondary N) is 2. The predicted octanol–water partition coefficient (Wildman–Crippen LogP) is 3.51. The van der Waals surface area contributed by atoms with Crippen molar-refractivity contribution in [2.45, 2.75) is 38.3 Å². The van der Waals surface area contributed by atoms with Gasteiger partial charge in [-0.05, 0) is 23.3 Å². The smallest absolute Gasteiger partial charge is 0.325 e. The number of imide groups is 1. The Morgan fingerprint density at radius 2 is 1.87 bits per heavy atom. The van der Waals surface area contributed by atoms with E-state index in [-0.39, 0.29) is 36.2 Å². The fraction of sp³-hybridized carbons (Fsp3) is 0.296. The highest BCUT2D eigenvalue weighted by Gasteiger charge is 2.47. The molecule has 3 aromatic rings. The van der Waals surface area contributed by atoms with Gasteiger partial charge in [-0.3, -0.25) is 14.4 Å². The van der Waals surface area contributed by atoms with Crippen molar-refractivity contribution >= 4 is 40.1 Å². The lowest BCUT2D eigenvalue weighted by atomic mass is 9.91. The van der Waals surface area contributed by atoms with E-state index in [1.165, 1.54) is 0 Å². The number of ether oxygens (including phenoxy) is 1. The molecule has 0 aliphatic carbocycles. The van der Waals surface area contributed by atoms with Gasteiger partial charge in [0.05, 0.1) is 6.61 Å². The molecule has 0 saturated carbocycles. The lowest BCUT2D eigenvalue weighted by Crippen LogP contribution is -2.50. The van der Waals surface area contributed by atoms with Crippen LogP contribution in [0.1, 0.15) is 53.8 Å². The average Bonchev–Trinajstić information content (AvgIpc) is 3.52. The molecule has 2 aromatic carbocycles. The van der Waals surface area contributed by atoms with Crippen LogP contribution >= 0.6 is 11.3 Å². The summed E-state index contributed by atoms with van der Waals surface area (Å²) >= 11 is 1.10. The average molecular weight is 537 g/mol. The Kier molecular flexibility index (Phi) is 8.49. The number of thiazole rings is 1. The third-order valence-corrected chi connectivity index (χ3v) is 6.99. The van der Waals surface area contributed by atoms with Crippen LogP contribution in [0.3, 0.4) is 0 Å². The van der Waals surface area contributed by atoms with E-state index in [0.29, 0.717) is 11.3 Å². The summed E-state index contributed by atoms with van der Waals surface area (Å²) in [5.74, 6) is -1.35. The fourth-order valence-electron chi connectivity index (χ4n) is 4.23. The van der Waals surface area contributed by atoms with Crippen molar-refractivity contribution in [2.24, 2.45) is 0 Å². The van der Waals surface area contributed by atoms with Crippen LogP contribution in [0.15, 0.2) is 60.0 Å². The minimum absolute atomic E-state index is 0.131. The normalized spacial score (nSPS) is 16.6. The molecule has 198 valence electrons. The van der Waals surface area contributed by atoms with E-state index in [4.69, 9.17) is 9.84 Å². The standard InChI is InChI=1S/C27H28N4O6S/c1-3-21(33)20-15-38-26(28-20)30-24(34)23(16(2)17-7-5-4-6-8-17)31-25(35)22(29-27(31)36)18-9-11-19(12-10-18)37-14-13-32/h4-12,15-16,22-23,32H,3,13-14H2,1-2H3,(H,29,36)(H,28,30,34)/t16-,22-,23?/m0/s1. The molecule has 38 heavy (non-hydrogen) atoms.